The van der Waals surface area contributed by atoms with E-state index in [4.69, 9.17) is 16.1 Å². The minimum absolute atomic E-state index is 0.0349. The van der Waals surface area contributed by atoms with Crippen molar-refractivity contribution in [2.75, 3.05) is 25.4 Å². The van der Waals surface area contributed by atoms with Crippen molar-refractivity contribution in [3.8, 4) is 11.4 Å². The van der Waals surface area contributed by atoms with E-state index in [0.717, 1.165) is 42.3 Å². The summed E-state index contributed by atoms with van der Waals surface area (Å²) in [6.07, 6.45) is 2.77. The number of carbonyl (C=O) groups excluding carboxylic acids is 1. The number of hydrogen-bond acceptors (Lipinski definition) is 6. The molecule has 0 aliphatic carbocycles. The highest BCUT2D eigenvalue weighted by Gasteiger charge is 2.26. The molecule has 0 bridgehead atoms. The molecule has 34 heavy (non-hydrogen) atoms. The Balaban J connectivity index is 1.16. The quantitative estimate of drug-likeness (QED) is 0.385. The maximum atomic E-state index is 13.1. The molecule has 0 saturated carbocycles. The van der Waals surface area contributed by atoms with Crippen LogP contribution < -0.4 is 5.32 Å². The Hall–Kier alpha value is -2.42. The zero-order chi connectivity index (χ0) is 23.8. The largest absolute Gasteiger partial charge is 0.356 e. The highest BCUT2D eigenvalue weighted by atomic mass is 35.5. The van der Waals surface area contributed by atoms with Crippen LogP contribution >= 0.6 is 23.4 Å². The van der Waals surface area contributed by atoms with Crippen LogP contribution in [0.15, 0.2) is 53.1 Å². The van der Waals surface area contributed by atoms with E-state index in [2.05, 4.69) is 26.4 Å². The summed E-state index contributed by atoms with van der Waals surface area (Å²) >= 11 is 7.86. The molecule has 2 aromatic carbocycles. The molecule has 180 valence electrons. The molecule has 1 aliphatic rings. The number of benzene rings is 2. The Morgan fingerprint density at radius 2 is 2.12 bits per heavy atom. The lowest BCUT2D eigenvalue weighted by Gasteiger charge is -2.30. The van der Waals surface area contributed by atoms with Crippen LogP contribution in [0.1, 0.15) is 30.7 Å². The lowest BCUT2D eigenvalue weighted by molar-refractivity contribution is -0.126. The van der Waals surface area contributed by atoms with Crippen LogP contribution in [0, 0.1) is 11.7 Å². The number of aromatic nitrogens is 2. The second-order valence-electron chi connectivity index (χ2n) is 8.42. The second kappa shape index (κ2) is 12.3. The molecule has 1 aliphatic heterocycles. The average Bonchev–Trinajstić information content (AvgIpc) is 3.30. The van der Waals surface area contributed by atoms with Crippen molar-refractivity contribution in [1.82, 2.24) is 20.4 Å². The topological polar surface area (TPSA) is 71.3 Å². The Labute approximate surface area is 208 Å². The fourth-order valence-electron chi connectivity index (χ4n) is 3.99. The molecule has 4 rings (SSSR count). The number of nitrogens with one attached hydrogen (secondary N) is 1. The van der Waals surface area contributed by atoms with Gasteiger partial charge in [0.05, 0.1) is 12.5 Å². The minimum Gasteiger partial charge on any atom is -0.356 e. The standard InChI is InChI=1S/C25H28ClFN4O2S/c26-21-6-1-4-18(14-21)17-34-13-3-11-28-25(32)20-5-2-12-31(15-20)16-23-29-24(30-33-23)19-7-9-22(27)10-8-19/h1,4,6-10,14,20H,2-3,5,11-13,15-17H2,(H,28,32). The van der Waals surface area contributed by atoms with E-state index >= 15 is 0 Å². The molecule has 1 saturated heterocycles. The van der Waals surface area contributed by atoms with Crippen LogP contribution in [-0.2, 0) is 17.1 Å². The van der Waals surface area contributed by atoms with Crippen LogP contribution in [0.5, 0.6) is 0 Å². The summed E-state index contributed by atoms with van der Waals surface area (Å²) < 4.78 is 18.5. The van der Waals surface area contributed by atoms with Gasteiger partial charge in [0.2, 0.25) is 17.6 Å². The Morgan fingerprint density at radius 1 is 1.26 bits per heavy atom. The SMILES string of the molecule is O=C(NCCCSCc1cccc(Cl)c1)C1CCCN(Cc2nc(-c3ccc(F)cc3)no2)C1. The number of halogens is 2. The summed E-state index contributed by atoms with van der Waals surface area (Å²) in [5.41, 5.74) is 1.92. The van der Waals surface area contributed by atoms with E-state index in [1.807, 2.05) is 30.0 Å². The first kappa shape index (κ1) is 24.7. The zero-order valence-corrected chi connectivity index (χ0v) is 20.5. The van der Waals surface area contributed by atoms with Gasteiger partial charge in [-0.25, -0.2) is 4.39 Å². The summed E-state index contributed by atoms with van der Waals surface area (Å²) in [5.74, 6) is 2.62. The fourth-order valence-corrected chi connectivity index (χ4v) is 5.11. The van der Waals surface area contributed by atoms with Gasteiger partial charge in [-0.15, -0.1) is 0 Å². The van der Waals surface area contributed by atoms with Crippen molar-refractivity contribution in [2.45, 2.75) is 31.6 Å². The third-order valence-corrected chi connectivity index (χ3v) is 7.08. The molecule has 1 unspecified atom stereocenters. The first-order valence-corrected chi connectivity index (χ1v) is 13.0. The van der Waals surface area contributed by atoms with E-state index in [9.17, 15) is 9.18 Å². The molecule has 9 heteroatoms. The number of hydrogen-bond donors (Lipinski definition) is 1. The van der Waals surface area contributed by atoms with Gasteiger partial charge in [-0.05, 0) is 73.5 Å². The van der Waals surface area contributed by atoms with E-state index in [1.54, 1.807) is 12.1 Å². The van der Waals surface area contributed by atoms with Crippen molar-refractivity contribution in [2.24, 2.45) is 5.92 Å². The molecule has 3 aromatic rings. The average molecular weight is 503 g/mol. The zero-order valence-electron chi connectivity index (χ0n) is 18.9. The first-order chi connectivity index (χ1) is 16.6. The van der Waals surface area contributed by atoms with Gasteiger partial charge < -0.3 is 9.84 Å². The molecule has 1 aromatic heterocycles. The summed E-state index contributed by atoms with van der Waals surface area (Å²) in [7, 11) is 0. The predicted octanol–water partition coefficient (Wildman–Crippen LogP) is 5.18. The molecular formula is C25H28ClFN4O2S. The molecule has 2 heterocycles. The lowest BCUT2D eigenvalue weighted by atomic mass is 9.97. The third-order valence-electron chi connectivity index (χ3n) is 5.73. The Bertz CT molecular complexity index is 1080. The van der Waals surface area contributed by atoms with Crippen LogP contribution in [0.2, 0.25) is 5.02 Å². The summed E-state index contributed by atoms with van der Waals surface area (Å²) in [6.45, 7) is 2.74. The number of amides is 1. The predicted molar refractivity (Wildman–Crippen MR) is 133 cm³/mol. The summed E-state index contributed by atoms with van der Waals surface area (Å²) in [5, 5.41) is 7.86. The van der Waals surface area contributed by atoms with E-state index < -0.39 is 0 Å². The van der Waals surface area contributed by atoms with Gasteiger partial charge in [0.25, 0.3) is 0 Å². The Morgan fingerprint density at radius 3 is 2.94 bits per heavy atom. The monoisotopic (exact) mass is 502 g/mol. The fraction of sp³-hybridized carbons (Fsp3) is 0.400. The smallest absolute Gasteiger partial charge is 0.241 e. The van der Waals surface area contributed by atoms with Gasteiger partial charge in [-0.2, -0.15) is 16.7 Å². The number of nitrogens with zero attached hydrogens (tertiary/aromatic N) is 3. The lowest BCUT2D eigenvalue weighted by Crippen LogP contribution is -2.43. The van der Waals surface area contributed by atoms with Crippen LogP contribution in [0.25, 0.3) is 11.4 Å². The summed E-state index contributed by atoms with van der Waals surface area (Å²) in [4.78, 5) is 19.3. The molecule has 1 atom stereocenters. The number of carbonyl (C=O) groups is 1. The molecule has 6 nitrogen and oxygen atoms in total. The van der Waals surface area contributed by atoms with Crippen molar-refractivity contribution in [3.63, 3.8) is 0 Å². The van der Waals surface area contributed by atoms with Crippen molar-refractivity contribution in [1.29, 1.82) is 0 Å². The van der Waals surface area contributed by atoms with Crippen LogP contribution in [0.4, 0.5) is 4.39 Å². The van der Waals surface area contributed by atoms with Crippen molar-refractivity contribution >= 4 is 29.3 Å². The van der Waals surface area contributed by atoms with Crippen molar-refractivity contribution < 1.29 is 13.7 Å². The molecule has 1 fully saturated rings. The summed E-state index contributed by atoms with van der Waals surface area (Å²) in [6, 6.07) is 13.9. The van der Waals surface area contributed by atoms with E-state index in [1.165, 1.54) is 17.7 Å². The van der Waals surface area contributed by atoms with E-state index in [-0.39, 0.29) is 17.6 Å². The normalized spacial score (nSPS) is 16.5. The highest BCUT2D eigenvalue weighted by molar-refractivity contribution is 7.98. The van der Waals surface area contributed by atoms with Gasteiger partial charge in [0, 0.05) is 29.4 Å². The van der Waals surface area contributed by atoms with Gasteiger partial charge in [-0.3, -0.25) is 9.69 Å². The molecule has 0 spiro atoms. The molecule has 1 amide bonds. The second-order valence-corrected chi connectivity index (χ2v) is 9.96. The third kappa shape index (κ3) is 7.29. The number of rotatable bonds is 10. The number of piperidine rings is 1. The van der Waals surface area contributed by atoms with Gasteiger partial charge in [0.15, 0.2) is 0 Å². The molecule has 0 radical (unpaired) electrons. The van der Waals surface area contributed by atoms with Crippen molar-refractivity contribution in [3.05, 3.63) is 70.8 Å². The number of likely N-dealkylation sites (tertiary alicyclic amines) is 1. The van der Waals surface area contributed by atoms with Crippen LogP contribution in [-0.4, -0.2) is 46.3 Å². The van der Waals surface area contributed by atoms with Gasteiger partial charge >= 0.3 is 0 Å². The minimum atomic E-state index is -0.304. The van der Waals surface area contributed by atoms with Gasteiger partial charge in [-0.1, -0.05) is 28.9 Å². The molecular weight excluding hydrogens is 475 g/mol. The maximum absolute atomic E-state index is 13.1. The first-order valence-electron chi connectivity index (χ1n) is 11.5. The Kier molecular flexibility index (Phi) is 8.96. The number of thioether (sulfide) groups is 1. The van der Waals surface area contributed by atoms with Crippen LogP contribution in [0.3, 0.4) is 0 Å². The maximum Gasteiger partial charge on any atom is 0.241 e. The van der Waals surface area contributed by atoms with Gasteiger partial charge in [0.1, 0.15) is 5.82 Å². The van der Waals surface area contributed by atoms with E-state index in [0.29, 0.717) is 36.9 Å². The highest BCUT2D eigenvalue weighted by Crippen LogP contribution is 2.21. The molecule has 1 N–H and O–H groups in total.